The second-order valence-electron chi connectivity index (χ2n) is 1.38. The molecule has 0 aliphatic heterocycles. The predicted octanol–water partition coefficient (Wildman–Crippen LogP) is 0.509. The molecule has 0 atom stereocenters. The molecule has 0 radical (unpaired) electrons. The SMILES string of the molecule is C=CN=C(C)[C](=[W])C=O. The molecule has 0 heterocycles. The van der Waals surface area contributed by atoms with Gasteiger partial charge in [-0.3, -0.25) is 0 Å². The van der Waals surface area contributed by atoms with E-state index in [1.165, 1.54) is 6.20 Å². The second-order valence-corrected chi connectivity index (χ2v) is 2.96. The molecule has 0 aromatic heterocycles. The number of nitrogens with zero attached hydrogens (tertiary/aromatic N) is 1. The maximum absolute atomic E-state index is 10.1. The van der Waals surface area contributed by atoms with Crippen LogP contribution in [0, 0.1) is 0 Å². The number of hydrogen-bond acceptors (Lipinski definition) is 2. The fourth-order valence-corrected chi connectivity index (χ4v) is 0.475. The van der Waals surface area contributed by atoms with Crippen molar-refractivity contribution in [3.05, 3.63) is 12.8 Å². The average Bonchev–Trinajstić information content (AvgIpc) is 1.87. The summed E-state index contributed by atoms with van der Waals surface area (Å²) in [5.74, 6) is 0. The van der Waals surface area contributed by atoms with Gasteiger partial charge in [0.25, 0.3) is 0 Å². The zero-order valence-corrected chi connectivity index (χ0v) is 8.06. The molecule has 2 nitrogen and oxygen atoms in total. The van der Waals surface area contributed by atoms with E-state index in [1.807, 2.05) is 0 Å². The van der Waals surface area contributed by atoms with Crippen LogP contribution in [0.2, 0.25) is 0 Å². The topological polar surface area (TPSA) is 29.4 Å². The molecule has 0 saturated carbocycles. The van der Waals surface area contributed by atoms with Crippen LogP contribution >= 0.6 is 0 Å². The number of rotatable bonds is 3. The Morgan fingerprint density at radius 3 is 2.67 bits per heavy atom. The molecular formula is C6H7NOW. The fourth-order valence-electron chi connectivity index (χ4n) is 0.286. The Hall–Kier alpha value is -0.362. The molecule has 0 fully saturated rings. The minimum atomic E-state index is 0.731. The summed E-state index contributed by atoms with van der Waals surface area (Å²) in [5.41, 5.74) is 0.759. The van der Waals surface area contributed by atoms with Crippen LogP contribution in [0.25, 0.3) is 0 Å². The van der Waals surface area contributed by atoms with E-state index < -0.39 is 0 Å². The number of aldehydes is 1. The van der Waals surface area contributed by atoms with Crippen molar-refractivity contribution < 1.29 is 24.1 Å². The Morgan fingerprint density at radius 2 is 2.33 bits per heavy atom. The minimum absolute atomic E-state index is 0.731. The van der Waals surface area contributed by atoms with Gasteiger partial charge in [0, 0.05) is 0 Å². The monoisotopic (exact) mass is 293 g/mol. The molecule has 0 N–H and O–H groups in total. The molecule has 0 saturated heterocycles. The van der Waals surface area contributed by atoms with E-state index in [0.29, 0.717) is 0 Å². The third kappa shape index (κ3) is 3.25. The first-order valence-corrected chi connectivity index (χ1v) is 3.84. The first kappa shape index (κ1) is 8.64. The van der Waals surface area contributed by atoms with Gasteiger partial charge in [0.2, 0.25) is 0 Å². The average molecular weight is 293 g/mol. The van der Waals surface area contributed by atoms with Crippen LogP contribution in [0.5, 0.6) is 0 Å². The van der Waals surface area contributed by atoms with E-state index in [-0.39, 0.29) is 0 Å². The molecule has 0 aliphatic carbocycles. The maximum atomic E-state index is 10.1. The third-order valence-corrected chi connectivity index (χ3v) is 2.16. The molecule has 0 aromatic carbocycles. The van der Waals surface area contributed by atoms with Gasteiger partial charge < -0.3 is 0 Å². The van der Waals surface area contributed by atoms with Crippen molar-refractivity contribution in [3.8, 4) is 0 Å². The Balaban J connectivity index is 4.18. The van der Waals surface area contributed by atoms with Gasteiger partial charge in [0.05, 0.1) is 0 Å². The molecule has 0 amide bonds. The van der Waals surface area contributed by atoms with Crippen LogP contribution in [-0.4, -0.2) is 15.9 Å². The van der Waals surface area contributed by atoms with Crippen molar-refractivity contribution in [3.63, 3.8) is 0 Å². The summed E-state index contributed by atoms with van der Waals surface area (Å²) in [6.45, 7) is 5.20. The van der Waals surface area contributed by atoms with Gasteiger partial charge in [-0.15, -0.1) is 0 Å². The quantitative estimate of drug-likeness (QED) is 0.551. The first-order valence-electron chi connectivity index (χ1n) is 2.37. The van der Waals surface area contributed by atoms with E-state index in [0.717, 1.165) is 35.2 Å². The van der Waals surface area contributed by atoms with E-state index in [2.05, 4.69) is 11.6 Å². The van der Waals surface area contributed by atoms with E-state index in [4.69, 9.17) is 0 Å². The summed E-state index contributed by atoms with van der Waals surface area (Å²) in [6, 6.07) is 0. The van der Waals surface area contributed by atoms with Crippen LogP contribution in [0.1, 0.15) is 6.92 Å². The fraction of sp³-hybridized carbons (Fsp3) is 0.167. The van der Waals surface area contributed by atoms with E-state index in [1.54, 1.807) is 6.92 Å². The van der Waals surface area contributed by atoms with Crippen molar-refractivity contribution in [1.29, 1.82) is 0 Å². The van der Waals surface area contributed by atoms with Gasteiger partial charge in [0.1, 0.15) is 0 Å². The van der Waals surface area contributed by atoms with Gasteiger partial charge in [-0.2, -0.15) is 0 Å². The number of aliphatic imine (C=N–C) groups is 1. The summed E-state index contributed by atoms with van der Waals surface area (Å²) in [6.07, 6.45) is 2.25. The molecule has 0 aromatic rings. The summed E-state index contributed by atoms with van der Waals surface area (Å²) in [4.78, 5) is 13.9. The summed E-state index contributed by atoms with van der Waals surface area (Å²) < 4.78 is 0.731. The van der Waals surface area contributed by atoms with Crippen LogP contribution in [0.4, 0.5) is 0 Å². The van der Waals surface area contributed by atoms with Crippen LogP contribution in [-0.2, 0) is 24.1 Å². The normalized spacial score (nSPS) is 10.6. The summed E-state index contributed by atoms with van der Waals surface area (Å²) in [5, 5.41) is 0. The van der Waals surface area contributed by atoms with E-state index >= 15 is 0 Å². The standard InChI is InChI=1S/C6H7NO.W/c1-3-7-6(2)4-5-8;/h3,5H,1H2,2H3;. The van der Waals surface area contributed by atoms with Gasteiger partial charge in [-0.25, -0.2) is 0 Å². The van der Waals surface area contributed by atoms with Crippen LogP contribution in [0.3, 0.4) is 0 Å². The van der Waals surface area contributed by atoms with E-state index in [9.17, 15) is 4.79 Å². The van der Waals surface area contributed by atoms with Crippen molar-refractivity contribution in [1.82, 2.24) is 0 Å². The molecule has 48 valence electrons. The number of hydrogen-bond donors (Lipinski definition) is 0. The van der Waals surface area contributed by atoms with Gasteiger partial charge in [-0.05, 0) is 0 Å². The van der Waals surface area contributed by atoms with Crippen molar-refractivity contribution in [2.24, 2.45) is 4.99 Å². The Bertz CT molecular complexity index is 172. The van der Waals surface area contributed by atoms with Crippen LogP contribution < -0.4 is 0 Å². The predicted molar refractivity (Wildman–Crippen MR) is 34.4 cm³/mol. The van der Waals surface area contributed by atoms with Crippen molar-refractivity contribution in [2.45, 2.75) is 6.92 Å². The van der Waals surface area contributed by atoms with Crippen LogP contribution in [0.15, 0.2) is 17.8 Å². The van der Waals surface area contributed by atoms with Gasteiger partial charge in [0.15, 0.2) is 0 Å². The molecule has 0 aliphatic rings. The third-order valence-electron chi connectivity index (χ3n) is 0.749. The van der Waals surface area contributed by atoms with Gasteiger partial charge >= 0.3 is 64.7 Å². The molecule has 0 unspecified atom stereocenters. The molecule has 3 heteroatoms. The van der Waals surface area contributed by atoms with Gasteiger partial charge in [-0.1, -0.05) is 0 Å². The molecule has 9 heavy (non-hydrogen) atoms. The van der Waals surface area contributed by atoms with Crippen molar-refractivity contribution >= 4 is 15.9 Å². The summed E-state index contributed by atoms with van der Waals surface area (Å²) in [7, 11) is 0. The zero-order valence-electron chi connectivity index (χ0n) is 5.13. The molecule has 0 rings (SSSR count). The number of carbonyl (C=O) groups is 1. The Morgan fingerprint density at radius 1 is 1.78 bits per heavy atom. The number of carbonyl (C=O) groups excluding carboxylic acids is 1. The Kier molecular flexibility index (Phi) is 4.33. The zero-order chi connectivity index (χ0) is 7.28. The molecular weight excluding hydrogens is 286 g/mol. The first-order chi connectivity index (χ1) is 4.22. The van der Waals surface area contributed by atoms with Crippen molar-refractivity contribution in [2.75, 3.05) is 0 Å². The molecule has 0 bridgehead atoms. The summed E-state index contributed by atoms with van der Waals surface area (Å²) >= 11 is 1.14. The molecule has 0 spiro atoms. The second kappa shape index (κ2) is 4.51. The Labute approximate surface area is 65.1 Å².